The summed E-state index contributed by atoms with van der Waals surface area (Å²) in [6.07, 6.45) is -2.07. The molecule has 12 heteroatoms. The highest BCUT2D eigenvalue weighted by atomic mass is 19.3. The van der Waals surface area contributed by atoms with Gasteiger partial charge in [-0.05, 0) is 38.5 Å². The van der Waals surface area contributed by atoms with Gasteiger partial charge in [0, 0.05) is 18.3 Å². The maximum absolute atomic E-state index is 14.0. The van der Waals surface area contributed by atoms with Crippen molar-refractivity contribution in [2.24, 2.45) is 0 Å². The fraction of sp³-hybridized carbons (Fsp3) is 0.375. The van der Waals surface area contributed by atoms with Gasteiger partial charge >= 0.3 is 6.09 Å². The molecule has 0 bridgehead atoms. The minimum absolute atomic E-state index is 0.00113. The lowest BCUT2D eigenvalue weighted by molar-refractivity contribution is 0.0929. The van der Waals surface area contributed by atoms with Crippen molar-refractivity contribution in [2.75, 3.05) is 6.54 Å². The summed E-state index contributed by atoms with van der Waals surface area (Å²) in [4.78, 5) is 28.5. The van der Waals surface area contributed by atoms with E-state index in [2.05, 4.69) is 15.6 Å². The second kappa shape index (κ2) is 10.8. The van der Waals surface area contributed by atoms with E-state index in [0.717, 1.165) is 28.8 Å². The molecule has 0 aliphatic carbocycles. The molecule has 2 aromatic heterocycles. The maximum Gasteiger partial charge on any atom is 0.405 e. The molecule has 2 heterocycles. The Morgan fingerprint density at radius 2 is 1.92 bits per heavy atom. The van der Waals surface area contributed by atoms with Crippen molar-refractivity contribution in [1.82, 2.24) is 20.0 Å². The molecule has 3 N–H and O–H groups in total. The van der Waals surface area contributed by atoms with Crippen LogP contribution in [-0.4, -0.2) is 38.6 Å². The number of alkyl halides is 2. The first-order valence-corrected chi connectivity index (χ1v) is 11.1. The van der Waals surface area contributed by atoms with Crippen LogP contribution in [-0.2, 0) is 6.61 Å². The van der Waals surface area contributed by atoms with Crippen molar-refractivity contribution in [3.63, 3.8) is 0 Å². The summed E-state index contributed by atoms with van der Waals surface area (Å²) in [5.74, 6) is -2.59. The third kappa shape index (κ3) is 5.86. The largest absolute Gasteiger partial charge is 0.485 e. The average molecular weight is 510 g/mol. The molecular weight excluding hydrogens is 484 g/mol. The molecule has 194 valence electrons. The maximum atomic E-state index is 14.0. The number of carbonyl (C=O) groups is 2. The Bertz CT molecular complexity index is 1260. The van der Waals surface area contributed by atoms with E-state index < -0.39 is 47.8 Å². The molecule has 0 fully saturated rings. The van der Waals surface area contributed by atoms with Gasteiger partial charge in [0.25, 0.3) is 12.3 Å². The average Bonchev–Trinajstić information content (AvgIpc) is 3.12. The first-order chi connectivity index (χ1) is 17.0. The van der Waals surface area contributed by atoms with Crippen LogP contribution in [0.2, 0.25) is 0 Å². The summed E-state index contributed by atoms with van der Waals surface area (Å²) in [5, 5.41) is 14.1. The Hall–Kier alpha value is -3.83. The normalized spacial score (nSPS) is 13.0. The van der Waals surface area contributed by atoms with Crippen molar-refractivity contribution < 1.29 is 37.0 Å². The number of nitrogens with zero attached hydrogens (tertiary/aromatic N) is 2. The number of carboxylic acid groups (broad SMARTS) is 1. The number of rotatable bonds is 10. The second-order valence-electron chi connectivity index (χ2n) is 8.59. The Balaban J connectivity index is 1.96. The van der Waals surface area contributed by atoms with Gasteiger partial charge < -0.3 is 20.5 Å². The van der Waals surface area contributed by atoms with Gasteiger partial charge in [0.2, 0.25) is 0 Å². The van der Waals surface area contributed by atoms with Crippen LogP contribution in [0.4, 0.5) is 22.4 Å². The Labute approximate surface area is 204 Å². The van der Waals surface area contributed by atoms with E-state index in [9.17, 15) is 27.2 Å². The molecule has 1 atom stereocenters. The Kier molecular flexibility index (Phi) is 8.06. The highest BCUT2D eigenvalue weighted by Crippen LogP contribution is 2.30. The molecule has 0 aliphatic heterocycles. The summed E-state index contributed by atoms with van der Waals surface area (Å²) >= 11 is 0. The van der Waals surface area contributed by atoms with Gasteiger partial charge in [-0.15, -0.1) is 0 Å². The molecule has 3 aromatic rings. The minimum atomic E-state index is -2.94. The number of benzene rings is 1. The number of hydrogen-bond donors (Lipinski definition) is 3. The lowest BCUT2D eigenvalue weighted by atomic mass is 9.96. The summed E-state index contributed by atoms with van der Waals surface area (Å²) in [6.45, 7) is 4.33. The van der Waals surface area contributed by atoms with E-state index in [1.165, 1.54) is 13.0 Å². The number of aromatic nitrogens is 2. The van der Waals surface area contributed by atoms with Crippen LogP contribution in [0.15, 0.2) is 30.5 Å². The number of aryl methyl sites for hydroxylation is 1. The molecule has 1 unspecified atom stereocenters. The summed E-state index contributed by atoms with van der Waals surface area (Å²) in [7, 11) is 0. The number of halogens is 4. The molecule has 1 aromatic carbocycles. The highest BCUT2D eigenvalue weighted by molar-refractivity contribution is 5.95. The van der Waals surface area contributed by atoms with E-state index in [0.29, 0.717) is 12.8 Å². The summed E-state index contributed by atoms with van der Waals surface area (Å²) < 4.78 is 61.9. The predicted molar refractivity (Wildman–Crippen MR) is 122 cm³/mol. The molecule has 0 saturated carbocycles. The summed E-state index contributed by atoms with van der Waals surface area (Å²) in [6, 6.07) is 4.27. The zero-order valence-corrected chi connectivity index (χ0v) is 19.9. The van der Waals surface area contributed by atoms with Crippen LogP contribution in [0, 0.1) is 18.6 Å². The first-order valence-electron chi connectivity index (χ1n) is 11.1. The number of imidazole rings is 1. The SMILES string of the molecule is CCCC(C)(CNC(=O)c1c(C)nc2c(OCc3c(F)cccc3F)cc(C(F)F)cn12)NC(=O)O. The van der Waals surface area contributed by atoms with Crippen LogP contribution in [0.1, 0.15) is 60.4 Å². The third-order valence-electron chi connectivity index (χ3n) is 5.63. The second-order valence-corrected chi connectivity index (χ2v) is 8.59. The van der Waals surface area contributed by atoms with E-state index in [4.69, 9.17) is 9.84 Å². The van der Waals surface area contributed by atoms with E-state index in [1.54, 1.807) is 6.92 Å². The van der Waals surface area contributed by atoms with Crippen LogP contribution in [0.5, 0.6) is 5.75 Å². The Morgan fingerprint density at radius 1 is 1.25 bits per heavy atom. The van der Waals surface area contributed by atoms with E-state index in [-0.39, 0.29) is 34.9 Å². The van der Waals surface area contributed by atoms with Crippen LogP contribution < -0.4 is 15.4 Å². The fourth-order valence-electron chi connectivity index (χ4n) is 3.93. The topological polar surface area (TPSA) is 105 Å². The van der Waals surface area contributed by atoms with Crippen molar-refractivity contribution in [3.05, 3.63) is 64.6 Å². The molecule has 36 heavy (non-hydrogen) atoms. The van der Waals surface area contributed by atoms with Crippen molar-refractivity contribution in [1.29, 1.82) is 0 Å². The van der Waals surface area contributed by atoms with Gasteiger partial charge in [-0.1, -0.05) is 19.4 Å². The van der Waals surface area contributed by atoms with E-state index >= 15 is 0 Å². The minimum Gasteiger partial charge on any atom is -0.485 e. The van der Waals surface area contributed by atoms with Crippen molar-refractivity contribution >= 4 is 17.6 Å². The monoisotopic (exact) mass is 510 g/mol. The number of carbonyl (C=O) groups excluding carboxylic acids is 1. The third-order valence-corrected chi connectivity index (χ3v) is 5.63. The number of ether oxygens (including phenoxy) is 1. The number of pyridine rings is 1. The smallest absolute Gasteiger partial charge is 0.405 e. The number of amides is 2. The lowest BCUT2D eigenvalue weighted by Crippen LogP contribution is -2.53. The quantitative estimate of drug-likeness (QED) is 0.333. The molecule has 0 radical (unpaired) electrons. The predicted octanol–water partition coefficient (Wildman–Crippen LogP) is 4.99. The number of hydrogen-bond acceptors (Lipinski definition) is 4. The fourth-order valence-corrected chi connectivity index (χ4v) is 3.93. The van der Waals surface area contributed by atoms with Crippen LogP contribution >= 0.6 is 0 Å². The molecule has 2 amide bonds. The Morgan fingerprint density at radius 3 is 2.50 bits per heavy atom. The standard InChI is InChI=1S/C24H26F4N4O4/c1-4-8-24(3,31-23(34)35)12-29-22(33)19-13(2)30-21-18(9-14(20(27)28)10-32(19)21)36-11-15-16(25)6-5-7-17(15)26/h5-7,9-10,20,31H,4,8,11-12H2,1-3H3,(H,29,33)(H,34,35). The van der Waals surface area contributed by atoms with Gasteiger partial charge in [0.1, 0.15) is 23.9 Å². The zero-order valence-electron chi connectivity index (χ0n) is 19.9. The van der Waals surface area contributed by atoms with Gasteiger partial charge in [-0.25, -0.2) is 27.3 Å². The number of fused-ring (bicyclic) bond motifs is 1. The molecule has 0 aliphatic rings. The number of nitrogens with one attached hydrogen (secondary N) is 2. The first kappa shape index (κ1) is 26.8. The molecule has 0 saturated heterocycles. The lowest BCUT2D eigenvalue weighted by Gasteiger charge is -2.29. The molecule has 0 spiro atoms. The van der Waals surface area contributed by atoms with Gasteiger partial charge in [0.05, 0.1) is 16.8 Å². The highest BCUT2D eigenvalue weighted by Gasteiger charge is 2.28. The van der Waals surface area contributed by atoms with Gasteiger partial charge in [-0.2, -0.15) is 0 Å². The molecular formula is C24H26F4N4O4. The zero-order chi connectivity index (χ0) is 26.6. The van der Waals surface area contributed by atoms with Crippen molar-refractivity contribution in [2.45, 2.75) is 52.2 Å². The molecule has 3 rings (SSSR count). The summed E-state index contributed by atoms with van der Waals surface area (Å²) in [5.41, 5.74) is -1.73. The van der Waals surface area contributed by atoms with Gasteiger partial charge in [0.15, 0.2) is 11.4 Å². The van der Waals surface area contributed by atoms with Crippen molar-refractivity contribution in [3.8, 4) is 5.75 Å². The molecule has 8 nitrogen and oxygen atoms in total. The van der Waals surface area contributed by atoms with Crippen LogP contribution in [0.25, 0.3) is 5.65 Å². The van der Waals surface area contributed by atoms with E-state index in [1.807, 2.05) is 6.92 Å². The van der Waals surface area contributed by atoms with Crippen LogP contribution in [0.3, 0.4) is 0 Å². The van der Waals surface area contributed by atoms with Gasteiger partial charge in [-0.3, -0.25) is 9.20 Å².